The summed E-state index contributed by atoms with van der Waals surface area (Å²) in [4.78, 5) is 25.3. The van der Waals surface area contributed by atoms with Crippen molar-refractivity contribution in [1.82, 2.24) is 14.5 Å². The number of hydrogen-bond donors (Lipinski definition) is 2. The van der Waals surface area contributed by atoms with E-state index in [1.165, 1.54) is 16.4 Å². The summed E-state index contributed by atoms with van der Waals surface area (Å²) in [6.45, 7) is 2.70. The maximum atomic E-state index is 12.6. The Balaban J connectivity index is 0.00000243. The number of sulfonamides is 1. The number of amides is 2. The second kappa shape index (κ2) is 8.38. The highest BCUT2D eigenvalue weighted by Crippen LogP contribution is 2.21. The first kappa shape index (κ1) is 20.7. The maximum Gasteiger partial charge on any atom is 0.284 e. The minimum Gasteiger partial charge on any atom is -0.438 e. The van der Waals surface area contributed by atoms with Gasteiger partial charge in [-0.25, -0.2) is 8.42 Å². The van der Waals surface area contributed by atoms with Gasteiger partial charge in [-0.15, -0.1) is 12.4 Å². The van der Waals surface area contributed by atoms with Crippen LogP contribution in [-0.4, -0.2) is 68.7 Å². The molecule has 3 heterocycles. The van der Waals surface area contributed by atoms with Crippen molar-refractivity contribution in [2.75, 3.05) is 39.3 Å². The van der Waals surface area contributed by atoms with Crippen molar-refractivity contribution in [2.45, 2.75) is 17.9 Å². The zero-order chi connectivity index (χ0) is 18.0. The minimum absolute atomic E-state index is 0. The van der Waals surface area contributed by atoms with Gasteiger partial charge in [0.1, 0.15) is 0 Å². The molecule has 0 saturated carbocycles. The van der Waals surface area contributed by atoms with Gasteiger partial charge in [0.15, 0.2) is 5.76 Å². The average molecular weight is 407 g/mol. The van der Waals surface area contributed by atoms with Gasteiger partial charge in [0.05, 0.1) is 5.92 Å². The number of piperazine rings is 1. The number of primary amides is 1. The quantitative estimate of drug-likeness (QED) is 0.702. The van der Waals surface area contributed by atoms with Crippen molar-refractivity contribution in [2.24, 2.45) is 11.7 Å². The molecule has 2 fully saturated rings. The van der Waals surface area contributed by atoms with Gasteiger partial charge in [0.2, 0.25) is 11.0 Å². The molecule has 11 heteroatoms. The van der Waals surface area contributed by atoms with Crippen molar-refractivity contribution < 1.29 is 22.4 Å². The molecular weight excluding hydrogens is 384 g/mol. The van der Waals surface area contributed by atoms with Crippen LogP contribution < -0.4 is 11.1 Å². The van der Waals surface area contributed by atoms with E-state index >= 15 is 0 Å². The van der Waals surface area contributed by atoms with Gasteiger partial charge < -0.3 is 20.4 Å². The maximum absolute atomic E-state index is 12.6. The molecule has 9 nitrogen and oxygen atoms in total. The van der Waals surface area contributed by atoms with Crippen LogP contribution in [0.3, 0.4) is 0 Å². The minimum atomic E-state index is -3.84. The van der Waals surface area contributed by atoms with Crippen molar-refractivity contribution in [3.8, 4) is 0 Å². The summed E-state index contributed by atoms with van der Waals surface area (Å²) in [7, 11) is -3.84. The molecule has 2 aliphatic heterocycles. The van der Waals surface area contributed by atoms with Crippen LogP contribution in [0.25, 0.3) is 0 Å². The molecule has 2 aliphatic rings. The lowest BCUT2D eigenvalue weighted by Gasteiger charge is -2.36. The zero-order valence-corrected chi connectivity index (χ0v) is 15.9. The summed E-state index contributed by atoms with van der Waals surface area (Å²) in [5.41, 5.74) is 5.08. The van der Waals surface area contributed by atoms with Crippen LogP contribution in [0.1, 0.15) is 23.4 Å². The lowest BCUT2D eigenvalue weighted by Crippen LogP contribution is -2.53. The fourth-order valence-electron chi connectivity index (χ4n) is 3.19. The molecule has 0 spiro atoms. The molecule has 1 aromatic rings. The average Bonchev–Trinajstić information content (AvgIpc) is 3.13. The number of piperidine rings is 1. The molecule has 26 heavy (non-hydrogen) atoms. The number of hydrogen-bond acceptors (Lipinski definition) is 6. The number of nitrogens with one attached hydrogen (secondary N) is 1. The molecule has 0 aromatic carbocycles. The number of carbonyl (C=O) groups excluding carboxylic acids is 2. The Kier molecular flexibility index (Phi) is 6.67. The van der Waals surface area contributed by atoms with Gasteiger partial charge in [0.25, 0.3) is 15.9 Å². The Morgan fingerprint density at radius 3 is 2.42 bits per heavy atom. The number of halogens is 1. The second-order valence-electron chi connectivity index (χ2n) is 6.26. The highest BCUT2D eigenvalue weighted by atomic mass is 35.5. The van der Waals surface area contributed by atoms with Crippen molar-refractivity contribution in [3.05, 3.63) is 17.9 Å². The predicted octanol–water partition coefficient (Wildman–Crippen LogP) is -0.367. The van der Waals surface area contributed by atoms with Crippen LogP contribution >= 0.6 is 12.4 Å². The SMILES string of the molecule is Cl.NC(=O)c1ccc(S(=O)(=O)N2CCN(C(=O)C3CCCNC3)CC2)o1. The number of furan rings is 1. The second-order valence-corrected chi connectivity index (χ2v) is 8.12. The fraction of sp³-hybridized carbons (Fsp3) is 0.600. The highest BCUT2D eigenvalue weighted by molar-refractivity contribution is 7.89. The molecule has 2 saturated heterocycles. The van der Waals surface area contributed by atoms with Crippen molar-refractivity contribution in [1.29, 1.82) is 0 Å². The summed E-state index contributed by atoms with van der Waals surface area (Å²) in [6.07, 6.45) is 1.85. The largest absolute Gasteiger partial charge is 0.438 e. The molecule has 0 radical (unpaired) electrons. The van der Waals surface area contributed by atoms with Crippen LogP contribution in [0.2, 0.25) is 0 Å². The van der Waals surface area contributed by atoms with Gasteiger partial charge in [-0.1, -0.05) is 0 Å². The first-order chi connectivity index (χ1) is 11.9. The van der Waals surface area contributed by atoms with E-state index in [9.17, 15) is 18.0 Å². The summed E-state index contributed by atoms with van der Waals surface area (Å²) in [5.74, 6) is -0.964. The third kappa shape index (κ3) is 4.20. The normalized spacial score (nSPS) is 21.8. The number of carbonyl (C=O) groups is 2. The molecule has 146 valence electrons. The zero-order valence-electron chi connectivity index (χ0n) is 14.2. The van der Waals surface area contributed by atoms with E-state index in [-0.39, 0.29) is 48.2 Å². The summed E-state index contributed by atoms with van der Waals surface area (Å²) in [6, 6.07) is 2.46. The van der Waals surface area contributed by atoms with E-state index in [1.807, 2.05) is 0 Å². The lowest BCUT2D eigenvalue weighted by molar-refractivity contribution is -0.137. The molecule has 0 aliphatic carbocycles. The molecule has 1 unspecified atom stereocenters. The number of rotatable bonds is 4. The van der Waals surface area contributed by atoms with E-state index in [1.54, 1.807) is 4.90 Å². The first-order valence-electron chi connectivity index (χ1n) is 8.29. The predicted molar refractivity (Wildman–Crippen MR) is 95.4 cm³/mol. The molecule has 1 atom stereocenters. The van der Waals surface area contributed by atoms with E-state index in [4.69, 9.17) is 10.2 Å². The standard InChI is InChI=1S/C15H22N4O5S.ClH/c16-14(20)12-3-4-13(24-12)25(22,23)19-8-6-18(7-9-19)15(21)11-2-1-5-17-10-11;/h3-4,11,17H,1-2,5-10H2,(H2,16,20);1H. The Bertz CT molecular complexity index is 752. The number of nitrogens with zero attached hydrogens (tertiary/aromatic N) is 2. The van der Waals surface area contributed by atoms with E-state index in [0.29, 0.717) is 19.6 Å². The summed E-state index contributed by atoms with van der Waals surface area (Å²) >= 11 is 0. The third-order valence-corrected chi connectivity index (χ3v) is 6.39. The van der Waals surface area contributed by atoms with Gasteiger partial charge in [0, 0.05) is 32.7 Å². The Morgan fingerprint density at radius 1 is 1.19 bits per heavy atom. The molecule has 0 bridgehead atoms. The Morgan fingerprint density at radius 2 is 1.88 bits per heavy atom. The van der Waals surface area contributed by atoms with Crippen LogP contribution in [0.4, 0.5) is 0 Å². The van der Waals surface area contributed by atoms with E-state index < -0.39 is 15.9 Å². The highest BCUT2D eigenvalue weighted by Gasteiger charge is 2.34. The van der Waals surface area contributed by atoms with E-state index in [0.717, 1.165) is 19.4 Å². The third-order valence-electron chi connectivity index (χ3n) is 4.61. The fourth-order valence-corrected chi connectivity index (χ4v) is 4.52. The van der Waals surface area contributed by atoms with Gasteiger partial charge in [-0.2, -0.15) is 4.31 Å². The smallest absolute Gasteiger partial charge is 0.284 e. The molecule has 1 aromatic heterocycles. The summed E-state index contributed by atoms with van der Waals surface area (Å²) < 4.78 is 31.4. The Hall–Kier alpha value is -1.62. The topological polar surface area (TPSA) is 126 Å². The molecular formula is C15H23ClN4O5S. The van der Waals surface area contributed by atoms with Crippen molar-refractivity contribution in [3.63, 3.8) is 0 Å². The lowest BCUT2D eigenvalue weighted by atomic mass is 9.98. The van der Waals surface area contributed by atoms with Crippen LogP contribution in [0.5, 0.6) is 0 Å². The van der Waals surface area contributed by atoms with Gasteiger partial charge in [-0.05, 0) is 31.5 Å². The monoisotopic (exact) mass is 406 g/mol. The van der Waals surface area contributed by atoms with Gasteiger partial charge >= 0.3 is 0 Å². The van der Waals surface area contributed by atoms with E-state index in [2.05, 4.69) is 5.32 Å². The van der Waals surface area contributed by atoms with Gasteiger partial charge in [-0.3, -0.25) is 9.59 Å². The van der Waals surface area contributed by atoms with Crippen LogP contribution in [0, 0.1) is 5.92 Å². The number of nitrogens with two attached hydrogens (primary N) is 1. The van der Waals surface area contributed by atoms with Crippen LogP contribution in [-0.2, 0) is 14.8 Å². The Labute approximate surface area is 158 Å². The summed E-state index contributed by atoms with van der Waals surface area (Å²) in [5, 5.41) is 2.91. The first-order valence-corrected chi connectivity index (χ1v) is 9.73. The van der Waals surface area contributed by atoms with Crippen LogP contribution in [0.15, 0.2) is 21.6 Å². The molecule has 2 amide bonds. The van der Waals surface area contributed by atoms with Crippen molar-refractivity contribution >= 4 is 34.2 Å². The molecule has 3 N–H and O–H groups in total. The molecule has 3 rings (SSSR count).